The number of rotatable bonds is 8. The van der Waals surface area contributed by atoms with Crippen molar-refractivity contribution in [2.45, 2.75) is 45.4 Å². The molecule has 0 aliphatic rings. The highest BCUT2D eigenvalue weighted by Crippen LogP contribution is 2.17. The average Bonchev–Trinajstić information content (AvgIpc) is 2.74. The molecule has 0 saturated heterocycles. The molecular formula is C17H29N3OSi. The summed E-state index contributed by atoms with van der Waals surface area (Å²) >= 11 is 0. The van der Waals surface area contributed by atoms with E-state index in [-0.39, 0.29) is 0 Å². The second-order valence-electron chi connectivity index (χ2n) is 7.38. The summed E-state index contributed by atoms with van der Waals surface area (Å²) in [5.41, 5.74) is 2.20. The van der Waals surface area contributed by atoms with E-state index in [1.54, 1.807) is 0 Å². The minimum atomic E-state index is -0.956. The van der Waals surface area contributed by atoms with E-state index in [1.807, 2.05) is 6.07 Å². The van der Waals surface area contributed by atoms with Gasteiger partial charge in [0, 0.05) is 14.7 Å². The maximum Gasteiger partial charge on any atom is 0.125 e. The zero-order chi connectivity index (χ0) is 16.2. The van der Waals surface area contributed by atoms with E-state index >= 15 is 0 Å². The highest BCUT2D eigenvalue weighted by Gasteiger charge is 2.13. The molecule has 4 nitrogen and oxygen atoms in total. The monoisotopic (exact) mass is 319 g/mol. The Kier molecular flexibility index (Phi) is 5.78. The van der Waals surface area contributed by atoms with Crippen LogP contribution in [0.15, 0.2) is 24.3 Å². The van der Waals surface area contributed by atoms with Crippen molar-refractivity contribution in [3.05, 3.63) is 30.1 Å². The normalized spacial score (nSPS) is 12.5. The Hall–Kier alpha value is -1.17. The molecule has 1 heterocycles. The van der Waals surface area contributed by atoms with Gasteiger partial charge in [0.25, 0.3) is 0 Å². The Morgan fingerprint density at radius 1 is 1.18 bits per heavy atom. The van der Waals surface area contributed by atoms with Crippen LogP contribution < -0.4 is 0 Å². The first-order chi connectivity index (χ1) is 10.4. The van der Waals surface area contributed by atoms with Crippen LogP contribution in [0.1, 0.15) is 12.2 Å². The van der Waals surface area contributed by atoms with Gasteiger partial charge in [0.1, 0.15) is 12.6 Å². The number of nitrogens with zero attached hydrogens (tertiary/aromatic N) is 3. The Balaban J connectivity index is 2.02. The van der Waals surface area contributed by atoms with Crippen molar-refractivity contribution in [1.82, 2.24) is 14.5 Å². The topological polar surface area (TPSA) is 30.3 Å². The lowest BCUT2D eigenvalue weighted by atomic mass is 10.3. The van der Waals surface area contributed by atoms with Crippen LogP contribution >= 0.6 is 0 Å². The lowest BCUT2D eigenvalue weighted by molar-refractivity contribution is 0.0769. The molecule has 122 valence electrons. The molecular weight excluding hydrogens is 290 g/mol. The first-order valence-electron chi connectivity index (χ1n) is 8.03. The van der Waals surface area contributed by atoms with Crippen molar-refractivity contribution >= 4 is 19.1 Å². The Bertz CT molecular complexity index is 601. The third-order valence-corrected chi connectivity index (χ3v) is 5.48. The van der Waals surface area contributed by atoms with Crippen molar-refractivity contribution in [2.24, 2.45) is 0 Å². The van der Waals surface area contributed by atoms with E-state index in [0.29, 0.717) is 6.73 Å². The van der Waals surface area contributed by atoms with Crippen molar-refractivity contribution < 1.29 is 4.74 Å². The molecule has 5 heteroatoms. The van der Waals surface area contributed by atoms with Gasteiger partial charge in [0.05, 0.1) is 17.6 Å². The van der Waals surface area contributed by atoms with Gasteiger partial charge in [-0.05, 0) is 32.6 Å². The third-order valence-electron chi connectivity index (χ3n) is 3.63. The quantitative estimate of drug-likeness (QED) is 0.547. The number of hydrogen-bond acceptors (Lipinski definition) is 3. The lowest BCUT2D eigenvalue weighted by Crippen LogP contribution is -2.20. The van der Waals surface area contributed by atoms with E-state index in [4.69, 9.17) is 9.72 Å². The highest BCUT2D eigenvalue weighted by atomic mass is 28.3. The van der Waals surface area contributed by atoms with E-state index in [0.717, 1.165) is 36.4 Å². The maximum atomic E-state index is 5.93. The first kappa shape index (κ1) is 17.2. The van der Waals surface area contributed by atoms with Crippen LogP contribution in [0.4, 0.5) is 0 Å². The minimum absolute atomic E-state index is 0.593. The standard InChI is InChI=1S/C17H29N3OSi/c1-19(2)13-17-18-15-9-6-7-10-16(15)20(17)14-21-11-8-12-22(3,4)5/h6-7,9-10H,8,11-14H2,1-5H3. The predicted molar refractivity (Wildman–Crippen MR) is 95.8 cm³/mol. The van der Waals surface area contributed by atoms with Crippen LogP contribution in [-0.2, 0) is 18.0 Å². The first-order valence-corrected chi connectivity index (χ1v) is 11.7. The number of benzene rings is 1. The number of ether oxygens (including phenoxy) is 1. The van der Waals surface area contributed by atoms with E-state index in [1.165, 1.54) is 6.04 Å². The number of fused-ring (bicyclic) bond motifs is 1. The van der Waals surface area contributed by atoms with Gasteiger partial charge in [-0.2, -0.15) is 0 Å². The van der Waals surface area contributed by atoms with Gasteiger partial charge in [-0.15, -0.1) is 0 Å². The smallest absolute Gasteiger partial charge is 0.125 e. The molecule has 1 aromatic carbocycles. The second-order valence-corrected chi connectivity index (χ2v) is 13.0. The Morgan fingerprint density at radius 3 is 2.59 bits per heavy atom. The molecule has 0 amide bonds. The number of para-hydroxylation sites is 2. The number of aromatic nitrogens is 2. The molecule has 0 saturated carbocycles. The number of imidazole rings is 1. The summed E-state index contributed by atoms with van der Waals surface area (Å²) in [4.78, 5) is 6.88. The van der Waals surface area contributed by atoms with Gasteiger partial charge in [-0.25, -0.2) is 4.98 Å². The van der Waals surface area contributed by atoms with Gasteiger partial charge >= 0.3 is 0 Å². The van der Waals surface area contributed by atoms with Crippen molar-refractivity contribution in [1.29, 1.82) is 0 Å². The molecule has 22 heavy (non-hydrogen) atoms. The molecule has 1 aromatic heterocycles. The zero-order valence-corrected chi connectivity index (χ0v) is 15.6. The molecule has 2 aromatic rings. The molecule has 0 spiro atoms. The summed E-state index contributed by atoms with van der Waals surface area (Å²) in [5.74, 6) is 1.07. The summed E-state index contributed by atoms with van der Waals surface area (Å²) < 4.78 is 8.13. The van der Waals surface area contributed by atoms with Gasteiger partial charge in [0.2, 0.25) is 0 Å². The molecule has 0 aliphatic carbocycles. The Labute approximate surface area is 135 Å². The van der Waals surface area contributed by atoms with Crippen LogP contribution in [0.25, 0.3) is 11.0 Å². The van der Waals surface area contributed by atoms with Crippen LogP contribution in [0.5, 0.6) is 0 Å². The third kappa shape index (κ3) is 4.93. The van der Waals surface area contributed by atoms with Crippen LogP contribution in [0, 0.1) is 0 Å². The van der Waals surface area contributed by atoms with Gasteiger partial charge in [-0.3, -0.25) is 0 Å². The second kappa shape index (κ2) is 7.40. The summed E-state index contributed by atoms with van der Waals surface area (Å²) in [6.07, 6.45) is 1.16. The van der Waals surface area contributed by atoms with Crippen molar-refractivity contribution in [3.63, 3.8) is 0 Å². The molecule has 0 atom stereocenters. The fraction of sp³-hybridized carbons (Fsp3) is 0.588. The maximum absolute atomic E-state index is 5.93. The summed E-state index contributed by atoms with van der Waals surface area (Å²) in [7, 11) is 3.18. The van der Waals surface area contributed by atoms with Crippen molar-refractivity contribution in [2.75, 3.05) is 20.7 Å². The van der Waals surface area contributed by atoms with E-state index in [2.05, 4.69) is 61.4 Å². The van der Waals surface area contributed by atoms with Crippen LogP contribution in [0.3, 0.4) is 0 Å². The fourth-order valence-electron chi connectivity index (χ4n) is 2.53. The molecule has 0 fully saturated rings. The highest BCUT2D eigenvalue weighted by molar-refractivity contribution is 6.76. The average molecular weight is 320 g/mol. The summed E-state index contributed by atoms with van der Waals surface area (Å²) in [6.45, 7) is 9.48. The fourth-order valence-corrected chi connectivity index (χ4v) is 3.74. The zero-order valence-electron chi connectivity index (χ0n) is 14.6. The lowest BCUT2D eigenvalue weighted by Gasteiger charge is -2.16. The van der Waals surface area contributed by atoms with Crippen molar-refractivity contribution in [3.8, 4) is 0 Å². The molecule has 2 rings (SSSR count). The minimum Gasteiger partial charge on any atom is -0.361 e. The molecule has 0 N–H and O–H groups in total. The summed E-state index contributed by atoms with van der Waals surface area (Å²) in [6, 6.07) is 9.60. The largest absolute Gasteiger partial charge is 0.361 e. The predicted octanol–water partition coefficient (Wildman–Crippen LogP) is 3.80. The Morgan fingerprint density at radius 2 is 1.91 bits per heavy atom. The molecule has 0 unspecified atom stereocenters. The van der Waals surface area contributed by atoms with E-state index in [9.17, 15) is 0 Å². The number of hydrogen-bond donors (Lipinski definition) is 0. The van der Waals surface area contributed by atoms with Gasteiger partial charge < -0.3 is 14.2 Å². The van der Waals surface area contributed by atoms with E-state index < -0.39 is 8.07 Å². The summed E-state index contributed by atoms with van der Waals surface area (Å²) in [5, 5.41) is 0. The van der Waals surface area contributed by atoms with Crippen LogP contribution in [0.2, 0.25) is 25.7 Å². The van der Waals surface area contributed by atoms with Crippen LogP contribution in [-0.4, -0.2) is 43.2 Å². The van der Waals surface area contributed by atoms with Gasteiger partial charge in [-0.1, -0.05) is 37.8 Å². The molecule has 0 radical (unpaired) electrons. The molecule has 0 bridgehead atoms. The molecule has 0 aliphatic heterocycles. The van der Waals surface area contributed by atoms with Gasteiger partial charge in [0.15, 0.2) is 0 Å². The SMILES string of the molecule is CN(C)Cc1nc2ccccc2n1COCCC[Si](C)(C)C.